The minimum absolute atomic E-state index is 0.0698. The zero-order chi connectivity index (χ0) is 22.9. The first-order valence-electron chi connectivity index (χ1n) is 11.6. The molecule has 0 spiro atoms. The monoisotopic (exact) mass is 449 g/mol. The number of carboxylic acids is 1. The lowest BCUT2D eigenvalue weighted by molar-refractivity contribution is -0.137. The Bertz CT molecular complexity index is 1190. The Labute approximate surface area is 192 Å². The van der Waals surface area contributed by atoms with Gasteiger partial charge in [0.25, 0.3) is 0 Å². The van der Waals surface area contributed by atoms with Crippen LogP contribution in [0.2, 0.25) is 0 Å². The summed E-state index contributed by atoms with van der Waals surface area (Å²) in [6, 6.07) is 14.4. The SMILES string of the molecule is O=C(O)Cn1c2c(c3cc(F)ccc31)CC(NC(=O)N(Cc1ccccc1)CC1CC1)CC2. The first-order valence-corrected chi connectivity index (χ1v) is 11.6. The van der Waals surface area contributed by atoms with E-state index in [0.29, 0.717) is 25.3 Å². The van der Waals surface area contributed by atoms with Crippen molar-refractivity contribution in [1.29, 1.82) is 0 Å². The van der Waals surface area contributed by atoms with Crippen molar-refractivity contribution in [1.82, 2.24) is 14.8 Å². The van der Waals surface area contributed by atoms with Gasteiger partial charge in [-0.1, -0.05) is 30.3 Å². The molecule has 1 aromatic heterocycles. The summed E-state index contributed by atoms with van der Waals surface area (Å²) in [5, 5.41) is 13.3. The van der Waals surface area contributed by atoms with Gasteiger partial charge in [-0.15, -0.1) is 0 Å². The molecule has 6 nitrogen and oxygen atoms in total. The lowest BCUT2D eigenvalue weighted by Gasteiger charge is -2.29. The summed E-state index contributed by atoms with van der Waals surface area (Å²) >= 11 is 0. The molecule has 2 aromatic carbocycles. The van der Waals surface area contributed by atoms with E-state index in [1.807, 2.05) is 35.2 Å². The number of halogens is 1. The quantitative estimate of drug-likeness (QED) is 0.563. The van der Waals surface area contributed by atoms with Crippen LogP contribution in [0.25, 0.3) is 10.9 Å². The van der Waals surface area contributed by atoms with Crippen molar-refractivity contribution in [2.75, 3.05) is 6.54 Å². The van der Waals surface area contributed by atoms with Gasteiger partial charge < -0.3 is 19.9 Å². The summed E-state index contributed by atoms with van der Waals surface area (Å²) in [6.45, 7) is 1.17. The van der Waals surface area contributed by atoms with Crippen molar-refractivity contribution in [2.24, 2.45) is 5.92 Å². The second kappa shape index (κ2) is 8.89. The summed E-state index contributed by atoms with van der Waals surface area (Å²) in [6.07, 6.45) is 4.27. The number of hydrogen-bond acceptors (Lipinski definition) is 2. The highest BCUT2D eigenvalue weighted by atomic mass is 19.1. The first kappa shape index (κ1) is 21.5. The van der Waals surface area contributed by atoms with Gasteiger partial charge in [-0.3, -0.25) is 4.79 Å². The fourth-order valence-electron chi connectivity index (χ4n) is 4.96. The number of rotatable bonds is 7. The molecule has 33 heavy (non-hydrogen) atoms. The molecule has 1 saturated carbocycles. The van der Waals surface area contributed by atoms with Crippen molar-refractivity contribution < 1.29 is 19.1 Å². The Morgan fingerprint density at radius 1 is 1.12 bits per heavy atom. The van der Waals surface area contributed by atoms with Crippen LogP contribution in [0.3, 0.4) is 0 Å². The first-order chi connectivity index (χ1) is 16.0. The molecule has 0 radical (unpaired) electrons. The van der Waals surface area contributed by atoms with Gasteiger partial charge in [0.05, 0.1) is 0 Å². The number of nitrogens with zero attached hydrogens (tertiary/aromatic N) is 2. The summed E-state index contributed by atoms with van der Waals surface area (Å²) in [5.74, 6) is -0.692. The largest absolute Gasteiger partial charge is 0.480 e. The van der Waals surface area contributed by atoms with E-state index in [9.17, 15) is 19.1 Å². The number of amides is 2. The number of carbonyl (C=O) groups is 2. The van der Waals surface area contributed by atoms with Crippen molar-refractivity contribution in [3.63, 3.8) is 0 Å². The number of aliphatic carboxylic acids is 1. The van der Waals surface area contributed by atoms with Crippen LogP contribution in [0, 0.1) is 11.7 Å². The molecule has 2 aliphatic rings. The molecule has 1 heterocycles. The molecule has 1 atom stereocenters. The smallest absolute Gasteiger partial charge is 0.323 e. The van der Waals surface area contributed by atoms with Crippen molar-refractivity contribution in [3.8, 4) is 0 Å². The molecule has 5 rings (SSSR count). The predicted octanol–water partition coefficient (Wildman–Crippen LogP) is 4.34. The molecule has 1 unspecified atom stereocenters. The molecule has 2 amide bonds. The molecule has 1 fully saturated rings. The van der Waals surface area contributed by atoms with Gasteiger partial charge in [-0.05, 0) is 67.3 Å². The van der Waals surface area contributed by atoms with E-state index in [4.69, 9.17) is 0 Å². The molecular weight excluding hydrogens is 421 g/mol. The van der Waals surface area contributed by atoms with Crippen molar-refractivity contribution in [2.45, 2.75) is 51.2 Å². The van der Waals surface area contributed by atoms with E-state index < -0.39 is 5.97 Å². The summed E-state index contributed by atoms with van der Waals surface area (Å²) in [5.41, 5.74) is 3.71. The van der Waals surface area contributed by atoms with E-state index in [-0.39, 0.29) is 24.4 Å². The van der Waals surface area contributed by atoms with Gasteiger partial charge in [-0.25, -0.2) is 9.18 Å². The van der Waals surface area contributed by atoms with Crippen molar-refractivity contribution in [3.05, 3.63) is 71.2 Å². The van der Waals surface area contributed by atoms with E-state index >= 15 is 0 Å². The highest BCUT2D eigenvalue weighted by Crippen LogP contribution is 2.33. The van der Waals surface area contributed by atoms with E-state index in [2.05, 4.69) is 5.32 Å². The van der Waals surface area contributed by atoms with Crippen LogP contribution < -0.4 is 5.32 Å². The molecule has 0 aliphatic heterocycles. The molecule has 3 aromatic rings. The van der Waals surface area contributed by atoms with Crippen molar-refractivity contribution >= 4 is 22.9 Å². The van der Waals surface area contributed by atoms with Gasteiger partial charge in [-0.2, -0.15) is 0 Å². The zero-order valence-electron chi connectivity index (χ0n) is 18.5. The summed E-state index contributed by atoms with van der Waals surface area (Å²) in [7, 11) is 0. The van der Waals surface area contributed by atoms with E-state index in [0.717, 1.165) is 40.7 Å². The predicted molar refractivity (Wildman–Crippen MR) is 123 cm³/mol. The van der Waals surface area contributed by atoms with E-state index in [1.165, 1.54) is 25.0 Å². The van der Waals surface area contributed by atoms with Gasteiger partial charge in [0.1, 0.15) is 12.4 Å². The van der Waals surface area contributed by atoms with E-state index in [1.54, 1.807) is 10.6 Å². The number of aromatic nitrogens is 1. The second-order valence-corrected chi connectivity index (χ2v) is 9.27. The Hall–Kier alpha value is -3.35. The second-order valence-electron chi connectivity index (χ2n) is 9.27. The normalized spacial score (nSPS) is 17.5. The van der Waals surface area contributed by atoms with Crippen LogP contribution in [0.15, 0.2) is 48.5 Å². The number of nitrogens with one attached hydrogen (secondary N) is 1. The van der Waals surface area contributed by atoms with Crippen LogP contribution in [-0.2, 0) is 30.7 Å². The summed E-state index contributed by atoms with van der Waals surface area (Å²) in [4.78, 5) is 26.6. The Kier molecular flexibility index (Phi) is 5.79. The molecule has 2 aliphatic carbocycles. The number of carboxylic acid groups (broad SMARTS) is 1. The Morgan fingerprint density at radius 2 is 1.91 bits per heavy atom. The minimum atomic E-state index is -0.925. The maximum Gasteiger partial charge on any atom is 0.323 e. The maximum atomic E-state index is 14.0. The van der Waals surface area contributed by atoms with Crippen LogP contribution in [0.1, 0.15) is 36.1 Å². The van der Waals surface area contributed by atoms with Gasteiger partial charge >= 0.3 is 12.0 Å². The third kappa shape index (κ3) is 4.72. The molecule has 2 N–H and O–H groups in total. The molecular formula is C26H28FN3O3. The zero-order valence-corrected chi connectivity index (χ0v) is 18.5. The number of carbonyl (C=O) groups excluding carboxylic acids is 1. The molecule has 172 valence electrons. The average molecular weight is 450 g/mol. The van der Waals surface area contributed by atoms with Crippen LogP contribution in [-0.4, -0.2) is 39.2 Å². The fraction of sp³-hybridized carbons (Fsp3) is 0.385. The minimum Gasteiger partial charge on any atom is -0.480 e. The van der Waals surface area contributed by atoms with Crippen LogP contribution in [0.5, 0.6) is 0 Å². The number of hydrogen-bond donors (Lipinski definition) is 2. The fourth-order valence-corrected chi connectivity index (χ4v) is 4.96. The maximum absolute atomic E-state index is 14.0. The number of benzene rings is 2. The third-order valence-electron chi connectivity index (χ3n) is 6.73. The molecule has 0 bridgehead atoms. The lowest BCUT2D eigenvalue weighted by atomic mass is 9.91. The van der Waals surface area contributed by atoms with Gasteiger partial charge in [0, 0.05) is 35.7 Å². The summed E-state index contributed by atoms with van der Waals surface area (Å²) < 4.78 is 15.8. The lowest BCUT2D eigenvalue weighted by Crippen LogP contribution is -2.47. The highest BCUT2D eigenvalue weighted by Gasteiger charge is 2.30. The van der Waals surface area contributed by atoms with Gasteiger partial charge in [0.2, 0.25) is 0 Å². The number of fused-ring (bicyclic) bond motifs is 3. The van der Waals surface area contributed by atoms with Gasteiger partial charge in [0.15, 0.2) is 0 Å². The third-order valence-corrected chi connectivity index (χ3v) is 6.73. The van der Waals surface area contributed by atoms with Crippen LogP contribution >= 0.6 is 0 Å². The average Bonchev–Trinajstić information content (AvgIpc) is 3.57. The Morgan fingerprint density at radius 3 is 2.64 bits per heavy atom. The highest BCUT2D eigenvalue weighted by molar-refractivity contribution is 5.87. The standard InChI is InChI=1S/C26H28FN3O3/c27-19-8-10-23-21(12-19)22-13-20(9-11-24(22)30(23)16-25(31)32)28-26(33)29(15-18-6-7-18)14-17-4-2-1-3-5-17/h1-5,8,10,12,18,20H,6-7,9,11,13-16H2,(H,28,33)(H,31,32). The molecule has 0 saturated heterocycles. The number of urea groups is 1. The van der Waals surface area contributed by atoms with Crippen LogP contribution in [0.4, 0.5) is 9.18 Å². The topological polar surface area (TPSA) is 74.6 Å². The Balaban J connectivity index is 1.36. The molecule has 7 heteroatoms.